The number of hydrogen-bond acceptors (Lipinski definition) is 8. The van der Waals surface area contributed by atoms with Crippen molar-refractivity contribution in [3.8, 4) is 22.9 Å². The third-order valence-corrected chi connectivity index (χ3v) is 6.94. The Morgan fingerprint density at radius 3 is 2.69 bits per heavy atom. The Labute approximate surface area is 208 Å². The van der Waals surface area contributed by atoms with Gasteiger partial charge in [0.2, 0.25) is 30.3 Å². The Hall–Kier alpha value is -3.92. The minimum absolute atomic E-state index is 0.0452. The van der Waals surface area contributed by atoms with Gasteiger partial charge in [0.25, 0.3) is 0 Å². The Bertz CT molecular complexity index is 1300. The molecule has 6 rings (SSSR count). The van der Waals surface area contributed by atoms with E-state index in [2.05, 4.69) is 21.1 Å². The van der Waals surface area contributed by atoms with Gasteiger partial charge in [0.05, 0.1) is 5.92 Å². The first kappa shape index (κ1) is 22.5. The molecular formula is C26H27N5O5. The third-order valence-electron chi connectivity index (χ3n) is 6.94. The number of rotatable bonds is 5. The predicted octanol–water partition coefficient (Wildman–Crippen LogP) is 2.47. The maximum absolute atomic E-state index is 13.3. The fourth-order valence-corrected chi connectivity index (χ4v) is 5.03. The first-order valence-corrected chi connectivity index (χ1v) is 12.1. The molecule has 2 aromatic carbocycles. The highest BCUT2D eigenvalue weighted by molar-refractivity contribution is 6.00. The van der Waals surface area contributed by atoms with Crippen molar-refractivity contribution in [1.82, 2.24) is 19.9 Å². The second-order valence-corrected chi connectivity index (χ2v) is 9.38. The van der Waals surface area contributed by atoms with E-state index >= 15 is 0 Å². The zero-order chi connectivity index (χ0) is 24.6. The van der Waals surface area contributed by atoms with E-state index in [1.165, 1.54) is 0 Å². The number of benzene rings is 2. The molecule has 0 aliphatic carbocycles. The smallest absolute Gasteiger partial charge is 0.231 e. The van der Waals surface area contributed by atoms with Crippen LogP contribution in [0.15, 0.2) is 47.0 Å². The van der Waals surface area contributed by atoms with E-state index in [-0.39, 0.29) is 30.9 Å². The average Bonchev–Trinajstić information content (AvgIpc) is 3.64. The van der Waals surface area contributed by atoms with E-state index in [1.54, 1.807) is 11.8 Å². The van der Waals surface area contributed by atoms with Crippen LogP contribution in [-0.4, -0.2) is 71.3 Å². The second-order valence-electron chi connectivity index (χ2n) is 9.38. The Balaban J connectivity index is 1.05. The van der Waals surface area contributed by atoms with E-state index in [4.69, 9.17) is 14.0 Å². The van der Waals surface area contributed by atoms with Crippen molar-refractivity contribution < 1.29 is 23.6 Å². The van der Waals surface area contributed by atoms with Gasteiger partial charge in [-0.25, -0.2) is 0 Å². The van der Waals surface area contributed by atoms with E-state index in [0.717, 1.165) is 47.9 Å². The number of carbonyl (C=O) groups is 2. The zero-order valence-corrected chi connectivity index (χ0v) is 20.1. The number of amides is 2. The number of ether oxygens (including phenoxy) is 2. The molecule has 3 aliphatic heterocycles. The molecule has 0 N–H and O–H groups in total. The summed E-state index contributed by atoms with van der Waals surface area (Å²) in [5.41, 5.74) is 2.67. The van der Waals surface area contributed by atoms with Gasteiger partial charge in [-0.05, 0) is 29.8 Å². The number of fused-ring (bicyclic) bond motifs is 1. The molecule has 3 aliphatic rings. The number of hydrogen-bond donors (Lipinski definition) is 0. The normalized spacial score (nSPS) is 19.8. The van der Waals surface area contributed by atoms with Gasteiger partial charge in [-0.1, -0.05) is 23.4 Å². The molecule has 0 unspecified atom stereocenters. The van der Waals surface area contributed by atoms with Gasteiger partial charge in [0.1, 0.15) is 0 Å². The van der Waals surface area contributed by atoms with Crippen LogP contribution in [0.4, 0.5) is 5.69 Å². The van der Waals surface area contributed by atoms with E-state index in [9.17, 15) is 9.59 Å². The Morgan fingerprint density at radius 1 is 1.06 bits per heavy atom. The van der Waals surface area contributed by atoms with Crippen molar-refractivity contribution in [2.75, 3.05) is 44.4 Å². The molecule has 2 fully saturated rings. The molecule has 0 spiro atoms. The SMILES string of the molecule is Cc1nc(-c2cccc(N3C[C@H](C(=O)N4CCN(Cc5ccc6c(c5)OCO6)CC4)CC3=O)c2)no1. The van der Waals surface area contributed by atoms with Gasteiger partial charge in [-0.15, -0.1) is 0 Å². The number of anilines is 1. The molecule has 3 aromatic rings. The maximum Gasteiger partial charge on any atom is 0.231 e. The lowest BCUT2D eigenvalue weighted by atomic mass is 10.1. The lowest BCUT2D eigenvalue weighted by Gasteiger charge is -2.36. The second kappa shape index (κ2) is 9.27. The summed E-state index contributed by atoms with van der Waals surface area (Å²) in [6.07, 6.45) is 0.224. The summed E-state index contributed by atoms with van der Waals surface area (Å²) in [7, 11) is 0. The Kier molecular flexibility index (Phi) is 5.80. The number of nitrogens with zero attached hydrogens (tertiary/aromatic N) is 5. The molecule has 2 amide bonds. The van der Waals surface area contributed by atoms with Gasteiger partial charge in [-0.3, -0.25) is 14.5 Å². The summed E-state index contributed by atoms with van der Waals surface area (Å²) in [5.74, 6) is 2.20. The highest BCUT2D eigenvalue weighted by Crippen LogP contribution is 2.33. The van der Waals surface area contributed by atoms with E-state index < -0.39 is 0 Å². The highest BCUT2D eigenvalue weighted by Gasteiger charge is 2.38. The summed E-state index contributed by atoms with van der Waals surface area (Å²) in [5, 5.41) is 3.96. The van der Waals surface area contributed by atoms with Crippen molar-refractivity contribution in [3.05, 3.63) is 53.9 Å². The first-order chi connectivity index (χ1) is 17.5. The molecule has 1 aromatic heterocycles. The molecule has 186 valence electrons. The van der Waals surface area contributed by atoms with Crippen molar-refractivity contribution in [3.63, 3.8) is 0 Å². The van der Waals surface area contributed by atoms with Crippen LogP contribution in [0.25, 0.3) is 11.4 Å². The molecule has 36 heavy (non-hydrogen) atoms. The average molecular weight is 490 g/mol. The van der Waals surface area contributed by atoms with Crippen LogP contribution in [0.2, 0.25) is 0 Å². The molecule has 10 heteroatoms. The number of aryl methyl sites for hydroxylation is 1. The fourth-order valence-electron chi connectivity index (χ4n) is 5.03. The minimum atomic E-state index is -0.339. The van der Waals surface area contributed by atoms with Gasteiger partial charge in [0.15, 0.2) is 11.5 Å². The molecule has 1 atom stereocenters. The van der Waals surface area contributed by atoms with Gasteiger partial charge >= 0.3 is 0 Å². The molecule has 4 heterocycles. The quantitative estimate of drug-likeness (QED) is 0.539. The van der Waals surface area contributed by atoms with Crippen LogP contribution in [0.1, 0.15) is 17.9 Å². The first-order valence-electron chi connectivity index (χ1n) is 12.1. The number of carbonyl (C=O) groups excluding carboxylic acids is 2. The van der Waals surface area contributed by atoms with Crippen LogP contribution in [-0.2, 0) is 16.1 Å². The summed E-state index contributed by atoms with van der Waals surface area (Å²) in [4.78, 5) is 36.3. The van der Waals surface area contributed by atoms with Crippen LogP contribution in [0, 0.1) is 12.8 Å². The van der Waals surface area contributed by atoms with Crippen LogP contribution < -0.4 is 14.4 Å². The zero-order valence-electron chi connectivity index (χ0n) is 20.1. The van der Waals surface area contributed by atoms with Crippen LogP contribution >= 0.6 is 0 Å². The summed E-state index contributed by atoms with van der Waals surface area (Å²) in [6.45, 7) is 6.06. The number of piperazine rings is 1. The maximum atomic E-state index is 13.3. The lowest BCUT2D eigenvalue weighted by molar-refractivity contribution is -0.137. The van der Waals surface area contributed by atoms with Crippen molar-refractivity contribution in [1.29, 1.82) is 0 Å². The largest absolute Gasteiger partial charge is 0.454 e. The molecule has 0 bridgehead atoms. The van der Waals surface area contributed by atoms with Gasteiger partial charge < -0.3 is 23.8 Å². The fraction of sp³-hybridized carbons (Fsp3) is 0.385. The lowest BCUT2D eigenvalue weighted by Crippen LogP contribution is -2.50. The summed E-state index contributed by atoms with van der Waals surface area (Å²) in [6, 6.07) is 13.5. The monoisotopic (exact) mass is 489 g/mol. The van der Waals surface area contributed by atoms with Crippen molar-refractivity contribution in [2.45, 2.75) is 19.9 Å². The standard InChI is InChI=1S/C26H27N5O5/c1-17-27-25(28-36-17)19-3-2-4-21(12-19)31-15-20(13-24(31)32)26(33)30-9-7-29(8-10-30)14-18-5-6-22-23(11-18)35-16-34-22/h2-6,11-12,20H,7-10,13-16H2,1H3/t20-/m1/s1. The minimum Gasteiger partial charge on any atom is -0.454 e. The van der Waals surface area contributed by atoms with Gasteiger partial charge in [-0.2, -0.15) is 4.98 Å². The van der Waals surface area contributed by atoms with Crippen LogP contribution in [0.3, 0.4) is 0 Å². The predicted molar refractivity (Wildman–Crippen MR) is 129 cm³/mol. The molecular weight excluding hydrogens is 462 g/mol. The van der Waals surface area contributed by atoms with Crippen molar-refractivity contribution in [2.24, 2.45) is 5.92 Å². The van der Waals surface area contributed by atoms with Crippen molar-refractivity contribution >= 4 is 17.5 Å². The van der Waals surface area contributed by atoms with Gasteiger partial charge in [0, 0.05) is 63.9 Å². The Morgan fingerprint density at radius 2 is 1.89 bits per heavy atom. The molecule has 10 nitrogen and oxygen atoms in total. The van der Waals surface area contributed by atoms with E-state index in [1.807, 2.05) is 41.3 Å². The highest BCUT2D eigenvalue weighted by atomic mass is 16.7. The topological polar surface area (TPSA) is 101 Å². The molecule has 0 radical (unpaired) electrons. The third kappa shape index (κ3) is 4.39. The summed E-state index contributed by atoms with van der Waals surface area (Å²) < 4.78 is 15.9. The number of aromatic nitrogens is 2. The molecule has 0 saturated carbocycles. The summed E-state index contributed by atoms with van der Waals surface area (Å²) >= 11 is 0. The van der Waals surface area contributed by atoms with Crippen LogP contribution in [0.5, 0.6) is 11.5 Å². The molecule has 2 saturated heterocycles. The van der Waals surface area contributed by atoms with E-state index in [0.29, 0.717) is 31.3 Å².